The zero-order valence-electron chi connectivity index (χ0n) is 17.5. The van der Waals surface area contributed by atoms with Crippen LogP contribution in [0.25, 0.3) is 0 Å². The SMILES string of the molecule is Cc1nc(NCc2ccc(OCC(F)(F)F)nc2)nc2c1NC(=O)[C@H](C(C)C)N2C.S. The fourth-order valence-corrected chi connectivity index (χ4v) is 3.23. The molecule has 0 spiro atoms. The minimum atomic E-state index is -4.41. The minimum absolute atomic E-state index is 0. The van der Waals surface area contributed by atoms with Gasteiger partial charge in [-0.15, -0.1) is 0 Å². The van der Waals surface area contributed by atoms with Crippen molar-refractivity contribution < 1.29 is 22.7 Å². The molecule has 0 unspecified atom stereocenters. The van der Waals surface area contributed by atoms with E-state index in [0.29, 0.717) is 29.7 Å². The molecule has 0 aliphatic carbocycles. The topological polar surface area (TPSA) is 92.3 Å². The van der Waals surface area contributed by atoms with Gasteiger partial charge in [0.05, 0.1) is 5.69 Å². The number of pyridine rings is 1. The number of nitrogens with one attached hydrogen (secondary N) is 2. The van der Waals surface area contributed by atoms with Gasteiger partial charge in [0, 0.05) is 25.9 Å². The van der Waals surface area contributed by atoms with E-state index in [1.54, 1.807) is 13.0 Å². The average Bonchev–Trinajstić information content (AvgIpc) is 2.65. The third kappa shape index (κ3) is 5.90. The zero-order chi connectivity index (χ0) is 22.1. The van der Waals surface area contributed by atoms with Crippen molar-refractivity contribution in [2.45, 2.75) is 39.5 Å². The highest BCUT2D eigenvalue weighted by molar-refractivity contribution is 7.59. The normalized spacial score (nSPS) is 15.8. The number of carbonyl (C=O) groups excluding carboxylic acids is 1. The lowest BCUT2D eigenvalue weighted by molar-refractivity contribution is -0.154. The number of aromatic nitrogens is 3. The van der Waals surface area contributed by atoms with Gasteiger partial charge in [-0.25, -0.2) is 9.97 Å². The average molecular weight is 459 g/mol. The molecule has 3 rings (SSSR count). The molecule has 3 heterocycles. The second-order valence-electron chi connectivity index (χ2n) is 7.38. The van der Waals surface area contributed by atoms with Gasteiger partial charge >= 0.3 is 6.18 Å². The standard InChI is InChI=1S/C19H23F3N6O2.H2S/c1-10(2)15-17(29)26-14-11(3)25-18(27-16(14)28(15)4)24-8-12-5-6-13(23-7-12)30-9-19(20,21)22;/h5-7,10,15H,8-9H2,1-4H3,(H,26,29)(H,24,25,27);1H2/t15-;/m0./s1. The largest absolute Gasteiger partial charge is 0.468 e. The van der Waals surface area contributed by atoms with E-state index < -0.39 is 12.8 Å². The van der Waals surface area contributed by atoms with Crippen LogP contribution in [0.1, 0.15) is 25.1 Å². The highest BCUT2D eigenvalue weighted by atomic mass is 32.1. The van der Waals surface area contributed by atoms with Crippen LogP contribution in [-0.4, -0.2) is 46.7 Å². The molecular weight excluding hydrogens is 433 g/mol. The fourth-order valence-electron chi connectivity index (χ4n) is 3.23. The molecule has 0 radical (unpaired) electrons. The van der Waals surface area contributed by atoms with Crippen molar-refractivity contribution in [2.24, 2.45) is 5.92 Å². The summed E-state index contributed by atoms with van der Waals surface area (Å²) < 4.78 is 41.2. The Labute approximate surface area is 185 Å². The number of rotatable bonds is 6. The van der Waals surface area contributed by atoms with Gasteiger partial charge in [0.2, 0.25) is 17.7 Å². The lowest BCUT2D eigenvalue weighted by Gasteiger charge is -2.36. The summed E-state index contributed by atoms with van der Waals surface area (Å²) in [7, 11) is 1.82. The Morgan fingerprint density at radius 3 is 2.58 bits per heavy atom. The quantitative estimate of drug-likeness (QED) is 0.687. The van der Waals surface area contributed by atoms with E-state index in [1.807, 2.05) is 25.8 Å². The molecule has 2 aromatic rings. The van der Waals surface area contributed by atoms with Crippen molar-refractivity contribution in [3.63, 3.8) is 0 Å². The summed E-state index contributed by atoms with van der Waals surface area (Å²) in [5, 5.41) is 5.96. The summed E-state index contributed by atoms with van der Waals surface area (Å²) in [5.74, 6) is 0.894. The lowest BCUT2D eigenvalue weighted by Crippen LogP contribution is -2.49. The lowest BCUT2D eigenvalue weighted by atomic mass is 9.99. The van der Waals surface area contributed by atoms with Crippen molar-refractivity contribution in [1.82, 2.24) is 15.0 Å². The first kappa shape index (κ1) is 24.5. The number of aryl methyl sites for hydroxylation is 1. The van der Waals surface area contributed by atoms with Crippen LogP contribution in [0.15, 0.2) is 18.3 Å². The number of anilines is 3. The van der Waals surface area contributed by atoms with Crippen LogP contribution in [0.4, 0.5) is 30.6 Å². The summed E-state index contributed by atoms with van der Waals surface area (Å²) in [4.78, 5) is 27.0. The predicted octanol–water partition coefficient (Wildman–Crippen LogP) is 3.26. The maximum absolute atomic E-state index is 12.4. The first-order valence-electron chi connectivity index (χ1n) is 9.36. The number of alkyl halides is 3. The van der Waals surface area contributed by atoms with Crippen molar-refractivity contribution in [3.05, 3.63) is 29.6 Å². The van der Waals surface area contributed by atoms with Crippen molar-refractivity contribution in [3.8, 4) is 5.88 Å². The molecule has 0 fully saturated rings. The van der Waals surface area contributed by atoms with Crippen LogP contribution in [0.3, 0.4) is 0 Å². The summed E-state index contributed by atoms with van der Waals surface area (Å²) in [5.41, 5.74) is 1.92. The number of ether oxygens (including phenoxy) is 1. The van der Waals surface area contributed by atoms with Gasteiger partial charge in [0.1, 0.15) is 11.7 Å². The monoisotopic (exact) mass is 458 g/mol. The maximum Gasteiger partial charge on any atom is 0.422 e. The van der Waals surface area contributed by atoms with Crippen molar-refractivity contribution in [1.29, 1.82) is 0 Å². The van der Waals surface area contributed by atoms with Gasteiger partial charge < -0.3 is 20.3 Å². The first-order chi connectivity index (χ1) is 14.0. The minimum Gasteiger partial charge on any atom is -0.468 e. The number of likely N-dealkylation sites (N-methyl/N-ethyl adjacent to an activating group) is 1. The molecule has 0 saturated heterocycles. The maximum atomic E-state index is 12.4. The number of carbonyl (C=O) groups is 1. The molecule has 12 heteroatoms. The van der Waals surface area contributed by atoms with E-state index >= 15 is 0 Å². The Kier molecular flexibility index (Phi) is 7.58. The number of hydrogen-bond donors (Lipinski definition) is 2. The molecule has 2 N–H and O–H groups in total. The summed E-state index contributed by atoms with van der Waals surface area (Å²) in [6.45, 7) is 4.64. The Morgan fingerprint density at radius 1 is 1.29 bits per heavy atom. The Morgan fingerprint density at radius 2 is 2.00 bits per heavy atom. The molecule has 31 heavy (non-hydrogen) atoms. The predicted molar refractivity (Wildman–Crippen MR) is 116 cm³/mol. The highest BCUT2D eigenvalue weighted by Gasteiger charge is 2.35. The number of hydrogen-bond acceptors (Lipinski definition) is 7. The number of nitrogens with zero attached hydrogens (tertiary/aromatic N) is 4. The van der Waals surface area contributed by atoms with Gasteiger partial charge in [0.15, 0.2) is 12.4 Å². The molecular formula is C19H25F3N6O2S. The van der Waals surface area contributed by atoms with Crippen molar-refractivity contribution in [2.75, 3.05) is 29.2 Å². The van der Waals surface area contributed by atoms with E-state index in [9.17, 15) is 18.0 Å². The molecule has 2 aromatic heterocycles. The fraction of sp³-hybridized carbons (Fsp3) is 0.474. The highest BCUT2D eigenvalue weighted by Crippen LogP contribution is 2.34. The van der Waals surface area contributed by atoms with Crippen LogP contribution in [0, 0.1) is 12.8 Å². The number of halogens is 3. The third-order valence-corrected chi connectivity index (χ3v) is 4.60. The summed E-state index contributed by atoms with van der Waals surface area (Å²) in [6, 6.07) is 2.64. The molecule has 1 aliphatic heterocycles. The Hall–Kier alpha value is -2.76. The van der Waals surface area contributed by atoms with E-state index in [2.05, 4.69) is 30.3 Å². The zero-order valence-corrected chi connectivity index (χ0v) is 18.5. The Balaban J connectivity index is 0.00000341. The van der Waals surface area contributed by atoms with Crippen molar-refractivity contribution >= 4 is 36.9 Å². The van der Waals surface area contributed by atoms with E-state index in [0.717, 1.165) is 5.56 Å². The number of amides is 1. The Bertz CT molecular complexity index is 924. The van der Waals surface area contributed by atoms with Gasteiger partial charge in [0.25, 0.3) is 0 Å². The van der Waals surface area contributed by atoms with Gasteiger partial charge in [-0.05, 0) is 18.4 Å². The number of fused-ring (bicyclic) bond motifs is 1. The van der Waals surface area contributed by atoms with Gasteiger partial charge in [-0.2, -0.15) is 31.7 Å². The van der Waals surface area contributed by atoms with Crippen LogP contribution in [0.2, 0.25) is 0 Å². The van der Waals surface area contributed by atoms with Crippen LogP contribution in [-0.2, 0) is 11.3 Å². The first-order valence-corrected chi connectivity index (χ1v) is 9.36. The molecule has 1 amide bonds. The second-order valence-corrected chi connectivity index (χ2v) is 7.38. The smallest absolute Gasteiger partial charge is 0.422 e. The molecule has 8 nitrogen and oxygen atoms in total. The molecule has 0 aromatic carbocycles. The van der Waals surface area contributed by atoms with E-state index in [1.165, 1.54) is 12.3 Å². The summed E-state index contributed by atoms with van der Waals surface area (Å²) >= 11 is 0. The van der Waals surface area contributed by atoms with Gasteiger partial charge in [-0.1, -0.05) is 19.9 Å². The second kappa shape index (κ2) is 9.58. The molecule has 0 saturated carbocycles. The van der Waals surface area contributed by atoms with Gasteiger partial charge in [-0.3, -0.25) is 4.79 Å². The third-order valence-electron chi connectivity index (χ3n) is 4.60. The molecule has 1 atom stereocenters. The molecule has 1 aliphatic rings. The molecule has 0 bridgehead atoms. The van der Waals surface area contributed by atoms with E-state index in [4.69, 9.17) is 0 Å². The van der Waals surface area contributed by atoms with Crippen LogP contribution in [0.5, 0.6) is 5.88 Å². The van der Waals surface area contributed by atoms with E-state index in [-0.39, 0.29) is 37.2 Å². The van der Waals surface area contributed by atoms with Crippen LogP contribution < -0.4 is 20.3 Å². The summed E-state index contributed by atoms with van der Waals surface area (Å²) in [6.07, 6.45) is -2.99. The van der Waals surface area contributed by atoms with Crippen LogP contribution >= 0.6 is 13.5 Å². The molecule has 170 valence electrons.